The van der Waals surface area contributed by atoms with Crippen molar-refractivity contribution in [1.29, 1.82) is 0 Å². The molecule has 0 aromatic heterocycles. The van der Waals surface area contributed by atoms with Crippen LogP contribution in [-0.4, -0.2) is 49.8 Å². The lowest BCUT2D eigenvalue weighted by Crippen LogP contribution is -2.47. The number of hydrogen-bond acceptors (Lipinski definition) is 6. The van der Waals surface area contributed by atoms with Gasteiger partial charge in [0, 0.05) is 6.54 Å². The Kier molecular flexibility index (Phi) is 4.57. The molecule has 1 atom stereocenters. The maximum atomic E-state index is 11.8. The fraction of sp³-hybridized carbons (Fsp3) is 0.818. The average molecular weight is 293 g/mol. The third-order valence-corrected chi connectivity index (χ3v) is 2.92. The molecule has 1 saturated heterocycles. The van der Waals surface area contributed by atoms with Crippen molar-refractivity contribution in [3.63, 3.8) is 0 Å². The van der Waals surface area contributed by atoms with Gasteiger partial charge in [-0.05, 0) is 27.2 Å². The molecular weight excluding hydrogens is 274 g/mol. The first-order valence-corrected chi connectivity index (χ1v) is 7.71. The number of piperidine rings is 1. The Balaban J connectivity index is 2.60. The second-order valence-electron chi connectivity index (χ2n) is 5.44. The molecule has 0 spiro atoms. The van der Waals surface area contributed by atoms with Gasteiger partial charge in [0.25, 0.3) is 10.1 Å². The molecule has 1 rings (SSSR count). The van der Waals surface area contributed by atoms with E-state index in [0.29, 0.717) is 0 Å². The zero-order valence-corrected chi connectivity index (χ0v) is 12.3. The highest BCUT2D eigenvalue weighted by molar-refractivity contribution is 7.86. The smallest absolute Gasteiger partial charge is 0.417 e. The van der Waals surface area contributed by atoms with Crippen LogP contribution >= 0.6 is 0 Å². The van der Waals surface area contributed by atoms with Crippen molar-refractivity contribution in [1.82, 2.24) is 4.90 Å². The van der Waals surface area contributed by atoms with Crippen LogP contribution in [0, 0.1) is 0 Å². The van der Waals surface area contributed by atoms with Crippen LogP contribution < -0.4 is 0 Å². The number of likely N-dealkylation sites (tertiary alicyclic amines) is 1. The highest BCUT2D eigenvalue weighted by atomic mass is 32.2. The first kappa shape index (κ1) is 15.9. The van der Waals surface area contributed by atoms with E-state index < -0.39 is 33.8 Å². The summed E-state index contributed by atoms with van der Waals surface area (Å²) >= 11 is 0. The van der Waals surface area contributed by atoms with E-state index in [4.69, 9.17) is 8.92 Å². The van der Waals surface area contributed by atoms with Crippen molar-refractivity contribution in [3.8, 4) is 0 Å². The Bertz CT molecular complexity index is 464. The van der Waals surface area contributed by atoms with Gasteiger partial charge in [-0.2, -0.15) is 8.42 Å². The Hall–Kier alpha value is -1.15. The number of nitrogens with zero attached hydrogens (tertiary/aromatic N) is 1. The van der Waals surface area contributed by atoms with Crippen molar-refractivity contribution in [3.05, 3.63) is 0 Å². The van der Waals surface area contributed by atoms with Crippen LogP contribution in [0.2, 0.25) is 0 Å². The normalized spacial score (nSPS) is 21.4. The minimum absolute atomic E-state index is 0.0912. The number of rotatable bonds is 2. The predicted octanol–water partition coefficient (Wildman–Crippen LogP) is 0.889. The summed E-state index contributed by atoms with van der Waals surface area (Å²) in [6, 6.07) is 0. The van der Waals surface area contributed by atoms with Crippen molar-refractivity contribution in [2.75, 3.05) is 12.8 Å². The maximum Gasteiger partial charge on any atom is 0.417 e. The minimum Gasteiger partial charge on any atom is -0.443 e. The van der Waals surface area contributed by atoms with Gasteiger partial charge in [-0.25, -0.2) is 9.69 Å². The van der Waals surface area contributed by atoms with Crippen LogP contribution in [0.3, 0.4) is 0 Å². The Morgan fingerprint density at radius 1 is 1.37 bits per heavy atom. The number of ether oxygens (including phenoxy) is 1. The van der Waals surface area contributed by atoms with Gasteiger partial charge in [0.1, 0.15) is 5.60 Å². The van der Waals surface area contributed by atoms with E-state index in [0.717, 1.165) is 11.2 Å². The summed E-state index contributed by atoms with van der Waals surface area (Å²) in [4.78, 5) is 24.5. The molecule has 7 nitrogen and oxygen atoms in total. The zero-order chi connectivity index (χ0) is 14.8. The van der Waals surface area contributed by atoms with Gasteiger partial charge in [0.2, 0.25) is 5.91 Å². The highest BCUT2D eigenvalue weighted by Gasteiger charge is 2.34. The molecule has 110 valence electrons. The van der Waals surface area contributed by atoms with Gasteiger partial charge >= 0.3 is 6.09 Å². The van der Waals surface area contributed by atoms with Crippen molar-refractivity contribution < 1.29 is 26.9 Å². The first-order valence-electron chi connectivity index (χ1n) is 5.89. The lowest BCUT2D eigenvalue weighted by atomic mass is 10.1. The Labute approximate surface area is 113 Å². The topological polar surface area (TPSA) is 90.0 Å². The molecule has 0 N–H and O–H groups in total. The van der Waals surface area contributed by atoms with E-state index in [1.54, 1.807) is 20.8 Å². The molecule has 19 heavy (non-hydrogen) atoms. The number of amides is 2. The summed E-state index contributed by atoms with van der Waals surface area (Å²) in [5.74, 6) is -0.492. The van der Waals surface area contributed by atoms with E-state index in [1.807, 2.05) is 0 Å². The van der Waals surface area contributed by atoms with Crippen molar-refractivity contribution >= 4 is 22.1 Å². The lowest BCUT2D eigenvalue weighted by Gasteiger charge is -2.31. The van der Waals surface area contributed by atoms with E-state index in [2.05, 4.69) is 0 Å². The quantitative estimate of drug-likeness (QED) is 0.702. The van der Waals surface area contributed by atoms with Crippen molar-refractivity contribution in [2.24, 2.45) is 0 Å². The van der Waals surface area contributed by atoms with E-state index >= 15 is 0 Å². The van der Waals surface area contributed by atoms with Gasteiger partial charge < -0.3 is 4.74 Å². The van der Waals surface area contributed by atoms with E-state index in [-0.39, 0.29) is 19.4 Å². The molecule has 0 radical (unpaired) electrons. The standard InChI is InChI=1S/C11H19NO6S/c1-11(2,3)17-10(14)12-6-5-8(7-9(12)13)18-19(4,15)16/h8H,5-7H2,1-4H3. The number of carbonyl (C=O) groups excluding carboxylic acids is 2. The molecule has 1 aliphatic rings. The molecule has 0 aromatic rings. The van der Waals surface area contributed by atoms with Crippen LogP contribution in [-0.2, 0) is 23.8 Å². The third-order valence-electron chi connectivity index (χ3n) is 2.30. The van der Waals surface area contributed by atoms with Crippen LogP contribution in [0.15, 0.2) is 0 Å². The summed E-state index contributed by atoms with van der Waals surface area (Å²) in [7, 11) is -3.60. The molecule has 1 fully saturated rings. The Morgan fingerprint density at radius 2 is 1.95 bits per heavy atom. The molecule has 2 amide bonds. The van der Waals surface area contributed by atoms with Gasteiger partial charge in [-0.1, -0.05) is 0 Å². The predicted molar refractivity (Wildman–Crippen MR) is 66.9 cm³/mol. The molecule has 0 bridgehead atoms. The summed E-state index contributed by atoms with van der Waals surface area (Å²) < 4.78 is 31.8. The van der Waals surface area contributed by atoms with E-state index in [9.17, 15) is 18.0 Å². The summed E-state index contributed by atoms with van der Waals surface area (Å²) in [6.45, 7) is 5.20. The van der Waals surface area contributed by atoms with Crippen LogP contribution in [0.4, 0.5) is 4.79 Å². The summed E-state index contributed by atoms with van der Waals surface area (Å²) in [5.41, 5.74) is -0.683. The van der Waals surface area contributed by atoms with Crippen LogP contribution in [0.1, 0.15) is 33.6 Å². The Morgan fingerprint density at radius 3 is 2.37 bits per heavy atom. The summed E-state index contributed by atoms with van der Waals surface area (Å²) in [5, 5.41) is 0. The fourth-order valence-corrected chi connectivity index (χ4v) is 2.30. The number of carbonyl (C=O) groups is 2. The fourth-order valence-electron chi connectivity index (χ4n) is 1.64. The molecule has 0 aromatic carbocycles. The molecule has 8 heteroatoms. The second-order valence-corrected chi connectivity index (χ2v) is 7.04. The highest BCUT2D eigenvalue weighted by Crippen LogP contribution is 2.19. The molecular formula is C11H19NO6S. The SMILES string of the molecule is CC(C)(C)OC(=O)N1CCC(OS(C)(=O)=O)CC1=O. The van der Waals surface area contributed by atoms with Gasteiger partial charge in [-0.3, -0.25) is 8.98 Å². The summed E-state index contributed by atoms with van der Waals surface area (Å²) in [6.07, 6.45) is -0.362. The molecule has 1 heterocycles. The largest absolute Gasteiger partial charge is 0.443 e. The second kappa shape index (κ2) is 5.46. The first-order chi connectivity index (χ1) is 8.48. The van der Waals surface area contributed by atoms with Gasteiger partial charge in [0.15, 0.2) is 0 Å². The van der Waals surface area contributed by atoms with Crippen molar-refractivity contribution in [2.45, 2.75) is 45.3 Å². The lowest BCUT2D eigenvalue weighted by molar-refractivity contribution is -0.135. The van der Waals surface area contributed by atoms with Crippen LogP contribution in [0.5, 0.6) is 0 Å². The maximum absolute atomic E-state index is 11.8. The minimum atomic E-state index is -3.60. The number of hydrogen-bond donors (Lipinski definition) is 0. The average Bonchev–Trinajstić information content (AvgIpc) is 2.11. The monoisotopic (exact) mass is 293 g/mol. The zero-order valence-electron chi connectivity index (χ0n) is 11.5. The third kappa shape index (κ3) is 5.56. The van der Waals surface area contributed by atoms with Crippen LogP contribution in [0.25, 0.3) is 0 Å². The van der Waals surface area contributed by atoms with Gasteiger partial charge in [0.05, 0.1) is 18.8 Å². The van der Waals surface area contributed by atoms with E-state index in [1.165, 1.54) is 0 Å². The molecule has 1 aliphatic heterocycles. The number of imide groups is 1. The molecule has 1 unspecified atom stereocenters. The molecule has 0 saturated carbocycles. The molecule has 0 aliphatic carbocycles. The van der Waals surface area contributed by atoms with Gasteiger partial charge in [-0.15, -0.1) is 0 Å².